The van der Waals surface area contributed by atoms with Gasteiger partial charge in [-0.05, 0) is 61.9 Å². The number of hydrogen-bond donors (Lipinski definition) is 0. The molecule has 0 aliphatic rings. The van der Waals surface area contributed by atoms with E-state index in [0.717, 1.165) is 11.3 Å². The summed E-state index contributed by atoms with van der Waals surface area (Å²) in [5.41, 5.74) is 0.767. The third kappa shape index (κ3) is 3.00. The Balaban J connectivity index is 2.13. The number of benzene rings is 2. The van der Waals surface area contributed by atoms with E-state index in [4.69, 9.17) is 9.47 Å². The van der Waals surface area contributed by atoms with E-state index in [1.54, 1.807) is 6.07 Å². The van der Waals surface area contributed by atoms with Gasteiger partial charge in [-0.1, -0.05) is 0 Å². The molecular weight excluding hydrogens is 231 g/mol. The number of halogens is 1. The van der Waals surface area contributed by atoms with Crippen molar-refractivity contribution in [2.24, 2.45) is 0 Å². The van der Waals surface area contributed by atoms with Crippen LogP contribution in [-0.2, 0) is 0 Å². The summed E-state index contributed by atoms with van der Waals surface area (Å²) < 4.78 is 24.0. The molecule has 0 saturated heterocycles. The molecule has 18 heavy (non-hydrogen) atoms. The van der Waals surface area contributed by atoms with Crippen molar-refractivity contribution in [2.45, 2.75) is 13.8 Å². The van der Waals surface area contributed by atoms with Gasteiger partial charge in [0.05, 0.1) is 6.61 Å². The zero-order valence-corrected chi connectivity index (χ0v) is 10.4. The molecule has 2 rings (SSSR count). The van der Waals surface area contributed by atoms with Gasteiger partial charge in [0.2, 0.25) is 0 Å². The fraction of sp³-hybridized carbons (Fsp3) is 0.200. The van der Waals surface area contributed by atoms with E-state index in [1.807, 2.05) is 38.1 Å². The number of rotatable bonds is 4. The van der Waals surface area contributed by atoms with Crippen molar-refractivity contribution < 1.29 is 13.9 Å². The summed E-state index contributed by atoms with van der Waals surface area (Å²) >= 11 is 0. The fourth-order valence-electron chi connectivity index (χ4n) is 1.62. The molecule has 0 aliphatic heterocycles. The van der Waals surface area contributed by atoms with Crippen molar-refractivity contribution in [1.29, 1.82) is 0 Å². The molecule has 0 unspecified atom stereocenters. The summed E-state index contributed by atoms with van der Waals surface area (Å²) in [5.74, 6) is 1.90. The first kappa shape index (κ1) is 12.4. The number of aryl methyl sites for hydroxylation is 1. The first-order chi connectivity index (χ1) is 8.69. The van der Waals surface area contributed by atoms with E-state index in [9.17, 15) is 4.39 Å². The highest BCUT2D eigenvalue weighted by Gasteiger charge is 2.03. The van der Waals surface area contributed by atoms with Gasteiger partial charge >= 0.3 is 0 Å². The fourth-order valence-corrected chi connectivity index (χ4v) is 1.62. The minimum Gasteiger partial charge on any atom is -0.494 e. The monoisotopic (exact) mass is 246 g/mol. The van der Waals surface area contributed by atoms with Gasteiger partial charge in [0.1, 0.15) is 23.1 Å². The Kier molecular flexibility index (Phi) is 3.82. The van der Waals surface area contributed by atoms with Crippen LogP contribution in [0.25, 0.3) is 0 Å². The van der Waals surface area contributed by atoms with Crippen LogP contribution in [-0.4, -0.2) is 6.61 Å². The van der Waals surface area contributed by atoms with Crippen molar-refractivity contribution in [3.05, 3.63) is 53.8 Å². The first-order valence-corrected chi connectivity index (χ1v) is 5.86. The Bertz CT molecular complexity index is 521. The lowest BCUT2D eigenvalue weighted by molar-refractivity contribution is 0.339. The summed E-state index contributed by atoms with van der Waals surface area (Å²) in [6, 6.07) is 11.8. The Morgan fingerprint density at radius 1 is 1.00 bits per heavy atom. The second kappa shape index (κ2) is 5.54. The lowest BCUT2D eigenvalue weighted by atomic mass is 10.2. The third-order valence-corrected chi connectivity index (χ3v) is 2.50. The van der Waals surface area contributed by atoms with E-state index < -0.39 is 0 Å². The minimum atomic E-state index is -0.258. The number of hydrogen-bond acceptors (Lipinski definition) is 2. The van der Waals surface area contributed by atoms with E-state index in [-0.39, 0.29) is 5.82 Å². The standard InChI is InChI=1S/C15H15FO2/c1-3-17-13-5-7-14(8-6-13)18-15-9-4-12(16)10-11(15)2/h4-10H,3H2,1-2H3. The van der Waals surface area contributed by atoms with Crippen LogP contribution in [0.1, 0.15) is 12.5 Å². The van der Waals surface area contributed by atoms with Crippen LogP contribution in [0.2, 0.25) is 0 Å². The van der Waals surface area contributed by atoms with E-state index in [1.165, 1.54) is 12.1 Å². The van der Waals surface area contributed by atoms with Crippen molar-refractivity contribution in [1.82, 2.24) is 0 Å². The molecule has 0 heterocycles. The molecular formula is C15H15FO2. The lowest BCUT2D eigenvalue weighted by Gasteiger charge is -2.09. The van der Waals surface area contributed by atoms with Crippen LogP contribution < -0.4 is 9.47 Å². The maximum atomic E-state index is 13.0. The van der Waals surface area contributed by atoms with Gasteiger partial charge in [-0.15, -0.1) is 0 Å². The maximum absolute atomic E-state index is 13.0. The second-order valence-electron chi connectivity index (χ2n) is 3.92. The topological polar surface area (TPSA) is 18.5 Å². The highest BCUT2D eigenvalue weighted by Crippen LogP contribution is 2.26. The Morgan fingerprint density at radius 2 is 1.67 bits per heavy atom. The molecule has 0 bridgehead atoms. The van der Waals surface area contributed by atoms with Gasteiger partial charge in [-0.3, -0.25) is 0 Å². The lowest BCUT2D eigenvalue weighted by Crippen LogP contribution is -1.92. The first-order valence-electron chi connectivity index (χ1n) is 5.86. The van der Waals surface area contributed by atoms with E-state index in [2.05, 4.69) is 0 Å². The molecule has 0 spiro atoms. The Hall–Kier alpha value is -2.03. The second-order valence-corrected chi connectivity index (χ2v) is 3.92. The number of ether oxygens (including phenoxy) is 2. The van der Waals surface area contributed by atoms with Crippen molar-refractivity contribution in [3.8, 4) is 17.2 Å². The molecule has 0 atom stereocenters. The van der Waals surface area contributed by atoms with Crippen molar-refractivity contribution in [2.75, 3.05) is 6.61 Å². The Labute approximate surface area is 106 Å². The Morgan fingerprint density at radius 3 is 2.28 bits per heavy atom. The molecule has 2 nitrogen and oxygen atoms in total. The van der Waals surface area contributed by atoms with E-state index in [0.29, 0.717) is 18.1 Å². The van der Waals surface area contributed by atoms with Gasteiger partial charge < -0.3 is 9.47 Å². The summed E-state index contributed by atoms with van der Waals surface area (Å²) in [6.45, 7) is 4.39. The van der Waals surface area contributed by atoms with Gasteiger partial charge in [-0.2, -0.15) is 0 Å². The predicted octanol–water partition coefficient (Wildman–Crippen LogP) is 4.33. The van der Waals surface area contributed by atoms with Crippen LogP contribution in [0.15, 0.2) is 42.5 Å². The van der Waals surface area contributed by atoms with Crippen LogP contribution >= 0.6 is 0 Å². The largest absolute Gasteiger partial charge is 0.494 e. The molecule has 2 aromatic carbocycles. The molecule has 2 aromatic rings. The maximum Gasteiger partial charge on any atom is 0.130 e. The van der Waals surface area contributed by atoms with Gasteiger partial charge in [0.15, 0.2) is 0 Å². The summed E-state index contributed by atoms with van der Waals surface area (Å²) in [5, 5.41) is 0. The van der Waals surface area contributed by atoms with Crippen LogP contribution in [0.3, 0.4) is 0 Å². The average molecular weight is 246 g/mol. The molecule has 0 amide bonds. The molecule has 0 aliphatic carbocycles. The third-order valence-electron chi connectivity index (χ3n) is 2.50. The van der Waals surface area contributed by atoms with Crippen molar-refractivity contribution in [3.63, 3.8) is 0 Å². The summed E-state index contributed by atoms with van der Waals surface area (Å²) in [6.07, 6.45) is 0. The van der Waals surface area contributed by atoms with Gasteiger partial charge in [0.25, 0.3) is 0 Å². The summed E-state index contributed by atoms with van der Waals surface area (Å²) in [7, 11) is 0. The quantitative estimate of drug-likeness (QED) is 0.799. The van der Waals surface area contributed by atoms with Crippen molar-refractivity contribution >= 4 is 0 Å². The zero-order valence-electron chi connectivity index (χ0n) is 10.4. The van der Waals surface area contributed by atoms with Crippen LogP contribution in [0.5, 0.6) is 17.2 Å². The smallest absolute Gasteiger partial charge is 0.130 e. The SMILES string of the molecule is CCOc1ccc(Oc2ccc(F)cc2C)cc1. The zero-order chi connectivity index (χ0) is 13.0. The normalized spacial score (nSPS) is 10.2. The van der Waals surface area contributed by atoms with Crippen LogP contribution in [0, 0.1) is 12.7 Å². The molecule has 94 valence electrons. The average Bonchev–Trinajstić information content (AvgIpc) is 2.35. The van der Waals surface area contributed by atoms with Gasteiger partial charge in [-0.25, -0.2) is 4.39 Å². The molecule has 0 N–H and O–H groups in total. The van der Waals surface area contributed by atoms with Gasteiger partial charge in [0, 0.05) is 0 Å². The highest BCUT2D eigenvalue weighted by molar-refractivity contribution is 5.39. The van der Waals surface area contributed by atoms with E-state index >= 15 is 0 Å². The molecule has 0 saturated carbocycles. The minimum absolute atomic E-state index is 0.258. The molecule has 0 fully saturated rings. The summed E-state index contributed by atoms with van der Waals surface area (Å²) in [4.78, 5) is 0. The molecule has 0 aromatic heterocycles. The predicted molar refractivity (Wildman–Crippen MR) is 68.8 cm³/mol. The molecule has 0 radical (unpaired) electrons. The molecule has 3 heteroatoms. The van der Waals surface area contributed by atoms with Crippen LogP contribution in [0.4, 0.5) is 4.39 Å². The highest BCUT2D eigenvalue weighted by atomic mass is 19.1.